The van der Waals surface area contributed by atoms with Gasteiger partial charge in [-0.25, -0.2) is 4.79 Å². The van der Waals surface area contributed by atoms with Crippen LogP contribution in [0.5, 0.6) is 0 Å². The minimum absolute atomic E-state index is 0.348. The predicted octanol–water partition coefficient (Wildman–Crippen LogP) is 3.98. The van der Waals surface area contributed by atoms with Crippen LogP contribution in [-0.2, 0) is 11.3 Å². The van der Waals surface area contributed by atoms with Crippen molar-refractivity contribution in [1.82, 2.24) is 9.78 Å². The van der Waals surface area contributed by atoms with Crippen LogP contribution >= 0.6 is 0 Å². The summed E-state index contributed by atoms with van der Waals surface area (Å²) in [6, 6.07) is 10.3. The van der Waals surface area contributed by atoms with Gasteiger partial charge in [-0.15, -0.1) is 0 Å². The molecule has 0 N–H and O–H groups in total. The third kappa shape index (κ3) is 3.40. The van der Waals surface area contributed by atoms with Gasteiger partial charge in [0, 0.05) is 11.8 Å². The molecule has 0 amide bonds. The van der Waals surface area contributed by atoms with Gasteiger partial charge in [-0.3, -0.25) is 4.68 Å². The summed E-state index contributed by atoms with van der Waals surface area (Å²) in [7, 11) is 0. The van der Waals surface area contributed by atoms with Gasteiger partial charge >= 0.3 is 5.97 Å². The van der Waals surface area contributed by atoms with Gasteiger partial charge in [0.25, 0.3) is 0 Å². The minimum Gasteiger partial charge on any atom is -0.464 e. The molecule has 0 saturated heterocycles. The third-order valence-electron chi connectivity index (χ3n) is 3.76. The Bertz CT molecular complexity index is 861. The van der Waals surface area contributed by atoms with Gasteiger partial charge in [-0.05, 0) is 32.4 Å². The van der Waals surface area contributed by atoms with Gasteiger partial charge in [0.05, 0.1) is 24.9 Å². The van der Waals surface area contributed by atoms with Crippen molar-refractivity contribution < 1.29 is 13.9 Å². The Morgan fingerprint density at radius 1 is 1.29 bits per heavy atom. The zero-order valence-electron chi connectivity index (χ0n) is 14.1. The fourth-order valence-electron chi connectivity index (χ4n) is 2.65. The van der Waals surface area contributed by atoms with E-state index in [0.29, 0.717) is 18.7 Å². The van der Waals surface area contributed by atoms with E-state index in [9.17, 15) is 4.79 Å². The number of carbonyl (C=O) groups is 1. The van der Waals surface area contributed by atoms with Crippen LogP contribution in [0.3, 0.4) is 0 Å². The molecule has 0 fully saturated rings. The van der Waals surface area contributed by atoms with Crippen molar-refractivity contribution in [1.29, 1.82) is 0 Å². The van der Waals surface area contributed by atoms with Gasteiger partial charge < -0.3 is 9.15 Å². The SMILES string of the molecule is CCOC(=O)c1cnn(Cc2cc(-c3cccc(C)c3)c(C)o2)c1. The van der Waals surface area contributed by atoms with E-state index in [2.05, 4.69) is 30.2 Å². The van der Waals surface area contributed by atoms with Crippen LogP contribution in [0.2, 0.25) is 0 Å². The largest absolute Gasteiger partial charge is 0.464 e. The predicted molar refractivity (Wildman–Crippen MR) is 90.9 cm³/mol. The monoisotopic (exact) mass is 324 g/mol. The Morgan fingerprint density at radius 2 is 2.12 bits per heavy atom. The maximum atomic E-state index is 11.7. The molecule has 2 heterocycles. The molecule has 5 nitrogen and oxygen atoms in total. The van der Waals surface area contributed by atoms with Crippen molar-refractivity contribution in [2.24, 2.45) is 0 Å². The van der Waals surface area contributed by atoms with Crippen LogP contribution in [0, 0.1) is 13.8 Å². The number of ether oxygens (including phenoxy) is 1. The lowest BCUT2D eigenvalue weighted by Gasteiger charge is -1.99. The molecule has 0 spiro atoms. The number of hydrogen-bond donors (Lipinski definition) is 0. The zero-order chi connectivity index (χ0) is 17.1. The molecular weight excluding hydrogens is 304 g/mol. The van der Waals surface area contributed by atoms with E-state index >= 15 is 0 Å². The van der Waals surface area contributed by atoms with Gasteiger partial charge in [-0.1, -0.05) is 29.8 Å². The summed E-state index contributed by atoms with van der Waals surface area (Å²) in [6.45, 7) is 6.61. The first-order valence-electron chi connectivity index (χ1n) is 7.92. The summed E-state index contributed by atoms with van der Waals surface area (Å²) in [6.07, 6.45) is 3.18. The van der Waals surface area contributed by atoms with Crippen LogP contribution in [0.25, 0.3) is 11.1 Å². The fraction of sp³-hybridized carbons (Fsp3) is 0.263. The average molecular weight is 324 g/mol. The molecule has 0 aliphatic rings. The van der Waals surface area contributed by atoms with Crippen LogP contribution in [0.4, 0.5) is 0 Å². The molecule has 1 aromatic carbocycles. The molecule has 24 heavy (non-hydrogen) atoms. The first kappa shape index (κ1) is 16.1. The molecule has 0 radical (unpaired) electrons. The molecule has 0 atom stereocenters. The van der Waals surface area contributed by atoms with Crippen LogP contribution in [-0.4, -0.2) is 22.4 Å². The number of rotatable bonds is 5. The van der Waals surface area contributed by atoms with Crippen molar-refractivity contribution in [3.05, 3.63) is 65.4 Å². The molecule has 124 valence electrons. The Labute approximate surface area is 140 Å². The zero-order valence-corrected chi connectivity index (χ0v) is 14.1. The van der Waals surface area contributed by atoms with Crippen molar-refractivity contribution in [3.63, 3.8) is 0 Å². The smallest absolute Gasteiger partial charge is 0.341 e. The second kappa shape index (κ2) is 6.74. The first-order chi connectivity index (χ1) is 11.6. The highest BCUT2D eigenvalue weighted by molar-refractivity contribution is 5.88. The Hall–Kier alpha value is -2.82. The number of aryl methyl sites for hydroxylation is 2. The van der Waals surface area contributed by atoms with Crippen molar-refractivity contribution in [2.45, 2.75) is 27.3 Å². The van der Waals surface area contributed by atoms with Crippen LogP contribution in [0.1, 0.15) is 34.4 Å². The number of benzene rings is 1. The second-order valence-corrected chi connectivity index (χ2v) is 5.70. The maximum absolute atomic E-state index is 11.7. The lowest BCUT2D eigenvalue weighted by atomic mass is 10.0. The minimum atomic E-state index is -0.361. The molecule has 0 unspecified atom stereocenters. The van der Waals surface area contributed by atoms with Gasteiger partial charge in [0.1, 0.15) is 11.5 Å². The van der Waals surface area contributed by atoms with Gasteiger partial charge in [-0.2, -0.15) is 5.10 Å². The molecule has 0 bridgehead atoms. The summed E-state index contributed by atoms with van der Waals surface area (Å²) in [5, 5.41) is 4.20. The number of nitrogens with zero attached hydrogens (tertiary/aromatic N) is 2. The van der Waals surface area contributed by atoms with E-state index in [4.69, 9.17) is 9.15 Å². The molecule has 0 aliphatic heterocycles. The number of furan rings is 1. The van der Waals surface area contributed by atoms with Crippen molar-refractivity contribution >= 4 is 5.97 Å². The third-order valence-corrected chi connectivity index (χ3v) is 3.76. The Balaban J connectivity index is 1.80. The molecule has 2 aromatic heterocycles. The lowest BCUT2D eigenvalue weighted by Crippen LogP contribution is -2.03. The lowest BCUT2D eigenvalue weighted by molar-refractivity contribution is 0.0526. The normalized spacial score (nSPS) is 10.8. The van der Waals surface area contributed by atoms with Crippen LogP contribution in [0.15, 0.2) is 47.1 Å². The van der Waals surface area contributed by atoms with Crippen LogP contribution < -0.4 is 0 Å². The van der Waals surface area contributed by atoms with E-state index in [-0.39, 0.29) is 5.97 Å². The number of esters is 1. The first-order valence-corrected chi connectivity index (χ1v) is 7.92. The highest BCUT2D eigenvalue weighted by Crippen LogP contribution is 2.27. The second-order valence-electron chi connectivity index (χ2n) is 5.70. The quantitative estimate of drug-likeness (QED) is 0.666. The molecular formula is C19H20N2O3. The topological polar surface area (TPSA) is 57.3 Å². The van der Waals surface area contributed by atoms with Crippen molar-refractivity contribution in [3.8, 4) is 11.1 Å². The molecule has 5 heteroatoms. The van der Waals surface area contributed by atoms with Gasteiger partial charge in [0.2, 0.25) is 0 Å². The summed E-state index contributed by atoms with van der Waals surface area (Å²) in [5.41, 5.74) is 3.86. The molecule has 0 saturated carbocycles. The van der Waals surface area contributed by atoms with E-state index in [1.165, 1.54) is 11.8 Å². The van der Waals surface area contributed by atoms with E-state index < -0.39 is 0 Å². The highest BCUT2D eigenvalue weighted by atomic mass is 16.5. The molecule has 3 aromatic rings. The van der Waals surface area contributed by atoms with E-state index in [1.807, 2.05) is 19.1 Å². The molecule has 3 rings (SSSR count). The maximum Gasteiger partial charge on any atom is 0.341 e. The summed E-state index contributed by atoms with van der Waals surface area (Å²) in [5.74, 6) is 1.30. The van der Waals surface area contributed by atoms with E-state index in [0.717, 1.165) is 22.6 Å². The fourth-order valence-corrected chi connectivity index (χ4v) is 2.65. The average Bonchev–Trinajstić information content (AvgIpc) is 3.15. The Kier molecular flexibility index (Phi) is 4.51. The Morgan fingerprint density at radius 3 is 2.88 bits per heavy atom. The number of aromatic nitrogens is 2. The summed E-state index contributed by atoms with van der Waals surface area (Å²) < 4.78 is 12.5. The summed E-state index contributed by atoms with van der Waals surface area (Å²) >= 11 is 0. The molecule has 0 aliphatic carbocycles. The number of hydrogen-bond acceptors (Lipinski definition) is 4. The van der Waals surface area contributed by atoms with Crippen molar-refractivity contribution in [2.75, 3.05) is 6.61 Å². The number of carbonyl (C=O) groups excluding carboxylic acids is 1. The highest BCUT2D eigenvalue weighted by Gasteiger charge is 2.13. The van der Waals surface area contributed by atoms with Gasteiger partial charge in [0.15, 0.2) is 0 Å². The summed E-state index contributed by atoms with van der Waals surface area (Å²) in [4.78, 5) is 11.7. The van der Waals surface area contributed by atoms with E-state index in [1.54, 1.807) is 17.8 Å². The standard InChI is InChI=1S/C19H20N2O3/c1-4-23-19(22)16-10-20-21(11-16)12-17-9-18(14(3)24-17)15-7-5-6-13(2)8-15/h5-11H,4,12H2,1-3H3.